The van der Waals surface area contributed by atoms with E-state index in [-0.39, 0.29) is 0 Å². The Morgan fingerprint density at radius 2 is 2.17 bits per heavy atom. The molecule has 126 valence electrons. The first kappa shape index (κ1) is 17.5. The maximum atomic E-state index is 8.95. The minimum absolute atomic E-state index is 0.344. The summed E-state index contributed by atoms with van der Waals surface area (Å²) in [5.74, 6) is 1.81. The molecule has 2 aromatic rings. The SMILES string of the molecule is CCNC(=NCc1cccc(C#N)c1)NCc1cc(C(C)C)no1. The van der Waals surface area contributed by atoms with Gasteiger partial charge in [-0.1, -0.05) is 31.1 Å². The van der Waals surface area contributed by atoms with E-state index in [0.717, 1.165) is 23.6 Å². The Balaban J connectivity index is 1.98. The molecule has 1 heterocycles. The van der Waals surface area contributed by atoms with E-state index < -0.39 is 0 Å². The molecule has 0 amide bonds. The molecule has 0 atom stereocenters. The lowest BCUT2D eigenvalue weighted by Gasteiger charge is -2.09. The second-order valence-electron chi connectivity index (χ2n) is 5.73. The summed E-state index contributed by atoms with van der Waals surface area (Å²) >= 11 is 0. The van der Waals surface area contributed by atoms with Crippen molar-refractivity contribution in [3.8, 4) is 6.07 Å². The Morgan fingerprint density at radius 1 is 1.33 bits per heavy atom. The van der Waals surface area contributed by atoms with Crippen LogP contribution in [-0.4, -0.2) is 17.7 Å². The van der Waals surface area contributed by atoms with Gasteiger partial charge in [0.1, 0.15) is 0 Å². The van der Waals surface area contributed by atoms with Crippen LogP contribution in [0, 0.1) is 11.3 Å². The molecule has 0 aliphatic heterocycles. The fourth-order valence-electron chi connectivity index (χ4n) is 2.11. The number of aromatic nitrogens is 1. The summed E-state index contributed by atoms with van der Waals surface area (Å²) in [5, 5.41) is 19.4. The van der Waals surface area contributed by atoms with Gasteiger partial charge in [0, 0.05) is 12.6 Å². The van der Waals surface area contributed by atoms with E-state index in [9.17, 15) is 0 Å². The van der Waals surface area contributed by atoms with Crippen LogP contribution in [0.1, 0.15) is 49.3 Å². The summed E-state index contributed by atoms with van der Waals surface area (Å²) < 4.78 is 5.32. The summed E-state index contributed by atoms with van der Waals surface area (Å²) in [4.78, 5) is 4.54. The van der Waals surface area contributed by atoms with Gasteiger partial charge in [-0.15, -0.1) is 0 Å². The molecule has 0 bridgehead atoms. The van der Waals surface area contributed by atoms with E-state index in [1.807, 2.05) is 31.2 Å². The number of hydrogen-bond donors (Lipinski definition) is 2. The normalized spacial score (nSPS) is 11.4. The second-order valence-corrected chi connectivity index (χ2v) is 5.73. The molecule has 0 saturated heterocycles. The van der Waals surface area contributed by atoms with Crippen molar-refractivity contribution in [1.29, 1.82) is 5.26 Å². The first-order valence-electron chi connectivity index (χ1n) is 8.09. The van der Waals surface area contributed by atoms with Crippen LogP contribution in [0.3, 0.4) is 0 Å². The highest BCUT2D eigenvalue weighted by Crippen LogP contribution is 2.13. The van der Waals surface area contributed by atoms with Crippen LogP contribution in [0.2, 0.25) is 0 Å². The zero-order chi connectivity index (χ0) is 17.4. The van der Waals surface area contributed by atoms with Crippen molar-refractivity contribution in [2.24, 2.45) is 4.99 Å². The van der Waals surface area contributed by atoms with Crippen molar-refractivity contribution in [2.45, 2.75) is 39.8 Å². The van der Waals surface area contributed by atoms with Gasteiger partial charge in [-0.3, -0.25) is 0 Å². The average Bonchev–Trinajstić information content (AvgIpc) is 3.07. The van der Waals surface area contributed by atoms with Crippen LogP contribution in [0.5, 0.6) is 0 Å². The topological polar surface area (TPSA) is 86.2 Å². The monoisotopic (exact) mass is 325 g/mol. The summed E-state index contributed by atoms with van der Waals surface area (Å²) in [5.41, 5.74) is 2.58. The average molecular weight is 325 g/mol. The molecular formula is C18H23N5O. The molecule has 0 aliphatic rings. The van der Waals surface area contributed by atoms with Crippen LogP contribution < -0.4 is 10.6 Å². The van der Waals surface area contributed by atoms with Gasteiger partial charge in [-0.25, -0.2) is 4.99 Å². The number of nitrogens with zero attached hydrogens (tertiary/aromatic N) is 3. The predicted octanol–water partition coefficient (Wildman–Crippen LogP) is 2.92. The number of aliphatic imine (C=N–C) groups is 1. The first-order chi connectivity index (χ1) is 11.6. The molecule has 1 aromatic heterocycles. The third-order valence-electron chi connectivity index (χ3n) is 3.42. The number of nitriles is 1. The molecular weight excluding hydrogens is 302 g/mol. The molecule has 24 heavy (non-hydrogen) atoms. The lowest BCUT2D eigenvalue weighted by molar-refractivity contribution is 0.372. The smallest absolute Gasteiger partial charge is 0.191 e. The minimum Gasteiger partial charge on any atom is -0.359 e. The highest BCUT2D eigenvalue weighted by Gasteiger charge is 2.08. The number of benzene rings is 1. The molecule has 0 radical (unpaired) electrons. The Morgan fingerprint density at radius 3 is 2.83 bits per heavy atom. The van der Waals surface area contributed by atoms with Gasteiger partial charge < -0.3 is 15.2 Å². The molecule has 0 spiro atoms. The van der Waals surface area contributed by atoms with Crippen molar-refractivity contribution in [2.75, 3.05) is 6.54 Å². The lowest BCUT2D eigenvalue weighted by Crippen LogP contribution is -2.36. The van der Waals surface area contributed by atoms with E-state index in [1.54, 1.807) is 6.07 Å². The summed E-state index contributed by atoms with van der Waals surface area (Å²) in [6.07, 6.45) is 0. The van der Waals surface area contributed by atoms with Gasteiger partial charge in [-0.2, -0.15) is 5.26 Å². The van der Waals surface area contributed by atoms with Crippen LogP contribution in [0.4, 0.5) is 0 Å². The lowest BCUT2D eigenvalue weighted by atomic mass is 10.1. The number of nitrogens with one attached hydrogen (secondary N) is 2. The van der Waals surface area contributed by atoms with Crippen molar-refractivity contribution in [1.82, 2.24) is 15.8 Å². The summed E-state index contributed by atoms with van der Waals surface area (Å²) in [6, 6.07) is 11.5. The molecule has 6 nitrogen and oxygen atoms in total. The number of rotatable bonds is 6. The van der Waals surface area contributed by atoms with E-state index in [0.29, 0.717) is 30.5 Å². The van der Waals surface area contributed by atoms with E-state index in [1.165, 1.54) is 0 Å². The number of guanidine groups is 1. The Hall–Kier alpha value is -2.81. The molecule has 0 fully saturated rings. The Labute approximate surface area is 142 Å². The van der Waals surface area contributed by atoms with Crippen molar-refractivity contribution >= 4 is 5.96 Å². The zero-order valence-electron chi connectivity index (χ0n) is 14.3. The number of hydrogen-bond acceptors (Lipinski definition) is 4. The Bertz CT molecular complexity index is 727. The van der Waals surface area contributed by atoms with Gasteiger partial charge in [-0.05, 0) is 30.5 Å². The highest BCUT2D eigenvalue weighted by molar-refractivity contribution is 5.79. The largest absolute Gasteiger partial charge is 0.359 e. The van der Waals surface area contributed by atoms with Gasteiger partial charge >= 0.3 is 0 Å². The highest BCUT2D eigenvalue weighted by atomic mass is 16.5. The predicted molar refractivity (Wildman–Crippen MR) is 93.4 cm³/mol. The van der Waals surface area contributed by atoms with Gasteiger partial charge in [0.15, 0.2) is 11.7 Å². The van der Waals surface area contributed by atoms with Crippen molar-refractivity contribution in [3.63, 3.8) is 0 Å². The minimum atomic E-state index is 0.344. The van der Waals surface area contributed by atoms with E-state index >= 15 is 0 Å². The maximum Gasteiger partial charge on any atom is 0.191 e. The zero-order valence-corrected chi connectivity index (χ0v) is 14.3. The van der Waals surface area contributed by atoms with Crippen molar-refractivity contribution < 1.29 is 4.52 Å². The Kier molecular flexibility index (Phi) is 6.38. The van der Waals surface area contributed by atoms with Crippen LogP contribution in [-0.2, 0) is 13.1 Å². The molecule has 6 heteroatoms. The molecule has 0 saturated carbocycles. The van der Waals surface area contributed by atoms with Crippen molar-refractivity contribution in [3.05, 3.63) is 52.9 Å². The summed E-state index contributed by atoms with van der Waals surface area (Å²) in [7, 11) is 0. The molecule has 1 aromatic carbocycles. The first-order valence-corrected chi connectivity index (χ1v) is 8.09. The second kappa shape index (κ2) is 8.73. The van der Waals surface area contributed by atoms with Gasteiger partial charge in [0.25, 0.3) is 0 Å². The molecule has 2 rings (SSSR count). The quantitative estimate of drug-likeness (QED) is 0.630. The summed E-state index contributed by atoms with van der Waals surface area (Å²) in [6.45, 7) is 7.95. The van der Waals surface area contributed by atoms with E-state index in [4.69, 9.17) is 9.78 Å². The molecule has 2 N–H and O–H groups in total. The van der Waals surface area contributed by atoms with Gasteiger partial charge in [0.2, 0.25) is 0 Å². The fraction of sp³-hybridized carbons (Fsp3) is 0.389. The molecule has 0 unspecified atom stereocenters. The van der Waals surface area contributed by atoms with Crippen LogP contribution in [0.15, 0.2) is 39.8 Å². The maximum absolute atomic E-state index is 8.95. The standard InChI is InChI=1S/C18H23N5O/c1-4-20-18(21-11-15-7-5-6-14(8-15)10-19)22-12-16-9-17(13(2)3)23-24-16/h5-9,13H,4,11-12H2,1-3H3,(H2,20,21,22). The third kappa shape index (κ3) is 5.13. The molecule has 0 aliphatic carbocycles. The fourth-order valence-corrected chi connectivity index (χ4v) is 2.11. The van der Waals surface area contributed by atoms with Gasteiger partial charge in [0.05, 0.1) is 30.4 Å². The van der Waals surface area contributed by atoms with Crippen LogP contribution in [0.25, 0.3) is 0 Å². The third-order valence-corrected chi connectivity index (χ3v) is 3.42. The van der Waals surface area contributed by atoms with E-state index in [2.05, 4.69) is 40.7 Å². The van der Waals surface area contributed by atoms with Crippen LogP contribution >= 0.6 is 0 Å².